The molecule has 0 amide bonds. The van der Waals surface area contributed by atoms with E-state index in [1.807, 2.05) is 12.4 Å². The lowest BCUT2D eigenvalue weighted by atomic mass is 9.77. The number of anilines is 2. The Labute approximate surface area is 205 Å². The minimum Gasteiger partial charge on any atom is -0.380 e. The summed E-state index contributed by atoms with van der Waals surface area (Å²) in [6, 6.07) is 12.9. The van der Waals surface area contributed by atoms with Gasteiger partial charge in [-0.2, -0.15) is 0 Å². The summed E-state index contributed by atoms with van der Waals surface area (Å²) in [6.07, 6.45) is 8.68. The lowest BCUT2D eigenvalue weighted by Gasteiger charge is -2.47. The molecule has 0 saturated carbocycles. The highest BCUT2D eigenvalue weighted by Gasteiger charge is 2.40. The Kier molecular flexibility index (Phi) is 5.17. The minimum atomic E-state index is 0.502. The molecular weight excluding hydrogens is 438 g/mol. The molecule has 1 spiro atoms. The normalized spacial score (nSPS) is 20.7. The zero-order valence-corrected chi connectivity index (χ0v) is 20.2. The molecule has 0 atom stereocenters. The van der Waals surface area contributed by atoms with Crippen LogP contribution in [-0.2, 0) is 11.3 Å². The summed E-state index contributed by atoms with van der Waals surface area (Å²) in [4.78, 5) is 17.0. The molecule has 182 valence electrons. The summed E-state index contributed by atoms with van der Waals surface area (Å²) >= 11 is 0. The second kappa shape index (κ2) is 8.53. The molecule has 7 rings (SSSR count). The number of ether oxygens (including phenoxy) is 1. The van der Waals surface area contributed by atoms with Gasteiger partial charge < -0.3 is 24.0 Å². The van der Waals surface area contributed by atoms with E-state index in [2.05, 4.69) is 71.2 Å². The zero-order chi connectivity index (χ0) is 23.2. The Bertz CT molecular complexity index is 1320. The maximum atomic E-state index is 5.48. The fraction of sp³-hybridized carbons (Fsp3) is 0.481. The number of aromatic nitrogens is 4. The lowest BCUT2D eigenvalue weighted by molar-refractivity contribution is -0.139. The van der Waals surface area contributed by atoms with Gasteiger partial charge in [-0.1, -0.05) is 6.07 Å². The van der Waals surface area contributed by atoms with E-state index in [1.165, 1.54) is 37.1 Å². The van der Waals surface area contributed by atoms with Crippen LogP contribution < -0.4 is 9.80 Å². The molecule has 4 aromatic rings. The number of imidazole rings is 1. The first-order chi connectivity index (χ1) is 17.3. The van der Waals surface area contributed by atoms with Gasteiger partial charge in [0.15, 0.2) is 0 Å². The first kappa shape index (κ1) is 21.2. The maximum Gasteiger partial charge on any atom is 0.142 e. The monoisotopic (exact) mass is 471 g/mol. The quantitative estimate of drug-likeness (QED) is 0.446. The van der Waals surface area contributed by atoms with Crippen molar-refractivity contribution >= 4 is 28.3 Å². The van der Waals surface area contributed by atoms with E-state index >= 15 is 0 Å². The molecular formula is C27H33N7O. The van der Waals surface area contributed by atoms with Crippen molar-refractivity contribution in [3.63, 3.8) is 0 Å². The Hall–Kier alpha value is -3.10. The van der Waals surface area contributed by atoms with Gasteiger partial charge in [0.05, 0.1) is 13.2 Å². The number of piperidine rings is 1. The summed E-state index contributed by atoms with van der Waals surface area (Å²) in [5.41, 5.74) is 2.61. The first-order valence-electron chi connectivity index (χ1n) is 12.9. The van der Waals surface area contributed by atoms with Crippen molar-refractivity contribution < 1.29 is 4.74 Å². The summed E-state index contributed by atoms with van der Waals surface area (Å²) in [5, 5.41) is 1.23. The van der Waals surface area contributed by atoms with Crippen LogP contribution >= 0.6 is 0 Å². The van der Waals surface area contributed by atoms with Crippen LogP contribution in [0.4, 0.5) is 11.6 Å². The Balaban J connectivity index is 1.01. The number of hydrogen-bond donors (Lipinski definition) is 0. The molecule has 35 heavy (non-hydrogen) atoms. The molecule has 3 saturated heterocycles. The third-order valence-corrected chi connectivity index (χ3v) is 8.32. The minimum absolute atomic E-state index is 0.502. The summed E-state index contributed by atoms with van der Waals surface area (Å²) in [7, 11) is 0. The van der Waals surface area contributed by atoms with Crippen molar-refractivity contribution in [1.29, 1.82) is 0 Å². The van der Waals surface area contributed by atoms with Crippen LogP contribution in [0.1, 0.15) is 12.8 Å². The van der Waals surface area contributed by atoms with Crippen LogP contribution in [0.5, 0.6) is 0 Å². The van der Waals surface area contributed by atoms with Crippen molar-refractivity contribution in [2.75, 3.05) is 68.8 Å². The van der Waals surface area contributed by atoms with E-state index in [1.54, 1.807) is 0 Å². The fourth-order valence-corrected chi connectivity index (χ4v) is 5.94. The molecule has 0 aromatic carbocycles. The summed E-state index contributed by atoms with van der Waals surface area (Å²) in [6.45, 7) is 10.3. The van der Waals surface area contributed by atoms with Crippen molar-refractivity contribution in [3.8, 4) is 0 Å². The van der Waals surface area contributed by atoms with Crippen LogP contribution in [0.15, 0.2) is 55.0 Å². The number of rotatable bonds is 5. The van der Waals surface area contributed by atoms with Gasteiger partial charge in [0.2, 0.25) is 0 Å². The molecule has 0 N–H and O–H groups in total. The molecule has 8 nitrogen and oxygen atoms in total. The molecule has 8 heteroatoms. The number of nitrogens with zero attached hydrogens (tertiary/aromatic N) is 7. The Morgan fingerprint density at radius 3 is 2.46 bits per heavy atom. The lowest BCUT2D eigenvalue weighted by Crippen LogP contribution is -2.51. The second-order valence-corrected chi connectivity index (χ2v) is 10.4. The van der Waals surface area contributed by atoms with E-state index in [-0.39, 0.29) is 0 Å². The third-order valence-electron chi connectivity index (χ3n) is 8.32. The number of piperazine rings is 1. The maximum absolute atomic E-state index is 5.48. The summed E-state index contributed by atoms with van der Waals surface area (Å²) in [5.74, 6) is 2.30. The van der Waals surface area contributed by atoms with Crippen LogP contribution in [0.25, 0.3) is 16.7 Å². The van der Waals surface area contributed by atoms with Crippen molar-refractivity contribution in [2.45, 2.75) is 19.4 Å². The van der Waals surface area contributed by atoms with Crippen LogP contribution in [0.2, 0.25) is 0 Å². The predicted molar refractivity (Wildman–Crippen MR) is 138 cm³/mol. The van der Waals surface area contributed by atoms with Gasteiger partial charge in [-0.15, -0.1) is 0 Å². The average molecular weight is 472 g/mol. The SMILES string of the molecule is c1cc(N2CCN(c3ccc4ccn(CCN5CCC6(CC5)COC6)c4n3)CC2)n2ccnc2c1. The molecule has 4 aromatic heterocycles. The highest BCUT2D eigenvalue weighted by molar-refractivity contribution is 5.78. The molecule has 3 aliphatic rings. The summed E-state index contributed by atoms with van der Waals surface area (Å²) < 4.78 is 9.99. The molecule has 3 aliphatic heterocycles. The number of likely N-dealkylation sites (tertiary alicyclic amines) is 1. The molecule has 0 aliphatic carbocycles. The van der Waals surface area contributed by atoms with E-state index in [0.29, 0.717) is 5.41 Å². The molecule has 7 heterocycles. The first-order valence-corrected chi connectivity index (χ1v) is 12.9. The van der Waals surface area contributed by atoms with Gasteiger partial charge in [0, 0.05) is 68.7 Å². The van der Waals surface area contributed by atoms with Gasteiger partial charge in [-0.05, 0) is 56.3 Å². The largest absolute Gasteiger partial charge is 0.380 e. The third kappa shape index (κ3) is 3.85. The number of fused-ring (bicyclic) bond motifs is 2. The van der Waals surface area contributed by atoms with E-state index in [0.717, 1.165) is 69.6 Å². The van der Waals surface area contributed by atoms with Crippen molar-refractivity contribution in [2.24, 2.45) is 5.41 Å². The van der Waals surface area contributed by atoms with Gasteiger partial charge in [-0.25, -0.2) is 9.97 Å². The van der Waals surface area contributed by atoms with Crippen molar-refractivity contribution in [1.82, 2.24) is 23.8 Å². The second-order valence-electron chi connectivity index (χ2n) is 10.4. The van der Waals surface area contributed by atoms with Crippen LogP contribution in [0.3, 0.4) is 0 Å². The van der Waals surface area contributed by atoms with Crippen LogP contribution in [-0.4, -0.2) is 82.9 Å². The fourth-order valence-electron chi connectivity index (χ4n) is 5.94. The number of hydrogen-bond acceptors (Lipinski definition) is 6. The molecule has 0 radical (unpaired) electrons. The van der Waals surface area contributed by atoms with Gasteiger partial charge >= 0.3 is 0 Å². The van der Waals surface area contributed by atoms with Gasteiger partial charge in [-0.3, -0.25) is 4.40 Å². The average Bonchev–Trinajstić information content (AvgIpc) is 3.53. The van der Waals surface area contributed by atoms with Gasteiger partial charge in [0.25, 0.3) is 0 Å². The molecule has 3 fully saturated rings. The molecule has 0 unspecified atom stereocenters. The standard InChI is InChI=1S/C27H33N7O/c1-2-23-28-9-13-34(23)25(3-1)32-18-16-31(17-19-32)24-5-4-22-6-10-33(26(22)29-24)15-14-30-11-7-27(8-12-30)20-35-21-27/h1-6,9-10,13H,7-8,11-12,14-21H2. The highest BCUT2D eigenvalue weighted by atomic mass is 16.5. The molecule has 0 bridgehead atoms. The van der Waals surface area contributed by atoms with E-state index in [9.17, 15) is 0 Å². The predicted octanol–water partition coefficient (Wildman–Crippen LogP) is 3.12. The number of pyridine rings is 2. The Morgan fingerprint density at radius 1 is 0.829 bits per heavy atom. The van der Waals surface area contributed by atoms with Crippen molar-refractivity contribution in [3.05, 3.63) is 55.0 Å². The smallest absolute Gasteiger partial charge is 0.142 e. The van der Waals surface area contributed by atoms with Gasteiger partial charge in [0.1, 0.15) is 22.9 Å². The Morgan fingerprint density at radius 2 is 1.66 bits per heavy atom. The highest BCUT2D eigenvalue weighted by Crippen LogP contribution is 2.38. The van der Waals surface area contributed by atoms with E-state index < -0.39 is 0 Å². The van der Waals surface area contributed by atoms with E-state index in [4.69, 9.17) is 9.72 Å². The zero-order valence-electron chi connectivity index (χ0n) is 20.2. The van der Waals surface area contributed by atoms with Crippen LogP contribution in [0, 0.1) is 5.41 Å². The topological polar surface area (TPSA) is 54.1 Å².